The fourth-order valence-electron chi connectivity index (χ4n) is 2.74. The van der Waals surface area contributed by atoms with E-state index in [9.17, 15) is 5.11 Å². The zero-order valence-corrected chi connectivity index (χ0v) is 13.5. The summed E-state index contributed by atoms with van der Waals surface area (Å²) in [4.78, 5) is 0. The molecular weight excluding hydrogens is 296 g/mol. The zero-order valence-electron chi connectivity index (χ0n) is 12.7. The van der Waals surface area contributed by atoms with E-state index in [0.717, 1.165) is 47.1 Å². The summed E-state index contributed by atoms with van der Waals surface area (Å²) >= 11 is 0. The van der Waals surface area contributed by atoms with Crippen LogP contribution in [-0.2, 0) is 6.42 Å². The number of para-hydroxylation sites is 1. The minimum atomic E-state index is -0.637. The van der Waals surface area contributed by atoms with Crippen molar-refractivity contribution in [2.75, 3.05) is 0 Å². The second-order valence-corrected chi connectivity index (χ2v) is 5.35. The van der Waals surface area contributed by atoms with E-state index in [1.165, 1.54) is 0 Å². The van der Waals surface area contributed by atoms with Crippen molar-refractivity contribution in [1.29, 1.82) is 0 Å². The summed E-state index contributed by atoms with van der Waals surface area (Å²) in [5.74, 6) is 0.911. The van der Waals surface area contributed by atoms with Crippen molar-refractivity contribution in [3.05, 3.63) is 71.5 Å². The van der Waals surface area contributed by atoms with E-state index in [1.807, 2.05) is 54.6 Å². The van der Waals surface area contributed by atoms with E-state index < -0.39 is 6.10 Å². The van der Waals surface area contributed by atoms with Crippen molar-refractivity contribution in [3.8, 4) is 0 Å². The number of furan rings is 1. The third-order valence-corrected chi connectivity index (χ3v) is 3.86. The molecule has 2 nitrogen and oxygen atoms in total. The largest absolute Gasteiger partial charge is 0.461 e. The van der Waals surface area contributed by atoms with E-state index in [-0.39, 0.29) is 12.4 Å². The van der Waals surface area contributed by atoms with Gasteiger partial charge in [-0.3, -0.25) is 0 Å². The summed E-state index contributed by atoms with van der Waals surface area (Å²) in [5, 5.41) is 11.8. The van der Waals surface area contributed by atoms with Crippen molar-refractivity contribution in [2.24, 2.45) is 0 Å². The summed E-state index contributed by atoms with van der Waals surface area (Å²) in [6.07, 6.45) is 2.40. The van der Waals surface area contributed by atoms with Gasteiger partial charge in [-0.2, -0.15) is 0 Å². The van der Waals surface area contributed by atoms with E-state index in [4.69, 9.17) is 4.42 Å². The molecule has 1 unspecified atom stereocenters. The summed E-state index contributed by atoms with van der Waals surface area (Å²) < 4.78 is 5.98. The quantitative estimate of drug-likeness (QED) is 0.694. The number of hydrogen-bond donors (Lipinski definition) is 1. The molecule has 1 aromatic heterocycles. The molecule has 0 aliphatic carbocycles. The smallest absolute Gasteiger partial charge is 0.134 e. The molecule has 0 aliphatic heterocycles. The Kier molecular flexibility index (Phi) is 5.64. The van der Waals surface area contributed by atoms with E-state index in [0.29, 0.717) is 0 Å². The van der Waals surface area contributed by atoms with E-state index in [1.54, 1.807) is 0 Å². The van der Waals surface area contributed by atoms with Crippen LogP contribution in [0.25, 0.3) is 11.0 Å². The standard InChI is InChI=1S/C19H20O2.ClH/c1-2-3-12-17-18(15-11-7-8-13-16(15)21-17)19(20)14-9-5-4-6-10-14;/h4-11,13,19-20H,2-3,12H2,1H3;1H. The molecule has 1 atom stereocenters. The molecule has 0 fully saturated rings. The first kappa shape index (κ1) is 16.6. The van der Waals surface area contributed by atoms with E-state index >= 15 is 0 Å². The lowest BCUT2D eigenvalue weighted by Gasteiger charge is -2.12. The van der Waals surface area contributed by atoms with Gasteiger partial charge in [-0.1, -0.05) is 61.9 Å². The molecule has 0 amide bonds. The van der Waals surface area contributed by atoms with Crippen molar-refractivity contribution in [2.45, 2.75) is 32.3 Å². The number of aliphatic hydroxyl groups excluding tert-OH is 1. The first-order chi connectivity index (χ1) is 10.3. The van der Waals surface area contributed by atoms with Crippen LogP contribution in [0.3, 0.4) is 0 Å². The van der Waals surface area contributed by atoms with Gasteiger partial charge in [0.05, 0.1) is 0 Å². The summed E-state index contributed by atoms with van der Waals surface area (Å²) in [5.41, 5.74) is 2.68. The van der Waals surface area contributed by atoms with Crippen molar-refractivity contribution < 1.29 is 9.52 Å². The van der Waals surface area contributed by atoms with Crippen LogP contribution in [0.2, 0.25) is 0 Å². The molecule has 1 N–H and O–H groups in total. The molecule has 0 bridgehead atoms. The van der Waals surface area contributed by atoms with Crippen molar-refractivity contribution in [1.82, 2.24) is 0 Å². The first-order valence-electron chi connectivity index (χ1n) is 7.54. The van der Waals surface area contributed by atoms with Crippen LogP contribution in [0.5, 0.6) is 0 Å². The van der Waals surface area contributed by atoms with Crippen LogP contribution in [0.15, 0.2) is 59.0 Å². The molecule has 0 saturated heterocycles. The van der Waals surface area contributed by atoms with Gasteiger partial charge in [-0.25, -0.2) is 0 Å². The maximum Gasteiger partial charge on any atom is 0.134 e. The molecule has 3 heteroatoms. The Morgan fingerprint density at radius 1 is 1.00 bits per heavy atom. The fourth-order valence-corrected chi connectivity index (χ4v) is 2.74. The maximum atomic E-state index is 10.8. The van der Waals surface area contributed by atoms with Crippen LogP contribution >= 0.6 is 12.4 Å². The third-order valence-electron chi connectivity index (χ3n) is 3.86. The van der Waals surface area contributed by atoms with Gasteiger partial charge in [0.2, 0.25) is 0 Å². The van der Waals surface area contributed by atoms with Gasteiger partial charge in [0, 0.05) is 17.4 Å². The molecule has 3 aromatic rings. The van der Waals surface area contributed by atoms with Gasteiger partial charge >= 0.3 is 0 Å². The lowest BCUT2D eigenvalue weighted by molar-refractivity contribution is 0.218. The second kappa shape index (κ2) is 7.48. The van der Waals surface area contributed by atoms with Gasteiger partial charge in [0.15, 0.2) is 0 Å². The topological polar surface area (TPSA) is 33.4 Å². The molecule has 2 aromatic carbocycles. The number of unbranched alkanes of at least 4 members (excludes halogenated alkanes) is 1. The predicted octanol–water partition coefficient (Wildman–Crippen LogP) is 5.28. The van der Waals surface area contributed by atoms with Gasteiger partial charge in [0.25, 0.3) is 0 Å². The molecule has 0 aliphatic rings. The summed E-state index contributed by atoms with van der Waals surface area (Å²) in [6, 6.07) is 17.7. The molecule has 1 heterocycles. The van der Waals surface area contributed by atoms with Crippen LogP contribution in [0.4, 0.5) is 0 Å². The maximum absolute atomic E-state index is 10.8. The Morgan fingerprint density at radius 2 is 1.68 bits per heavy atom. The lowest BCUT2D eigenvalue weighted by Crippen LogP contribution is -2.02. The Morgan fingerprint density at radius 3 is 2.41 bits per heavy atom. The van der Waals surface area contributed by atoms with Gasteiger partial charge in [-0.05, 0) is 18.1 Å². The monoisotopic (exact) mass is 316 g/mol. The minimum absolute atomic E-state index is 0. The van der Waals surface area contributed by atoms with Crippen LogP contribution in [-0.4, -0.2) is 5.11 Å². The number of halogens is 1. The fraction of sp³-hybridized carbons (Fsp3) is 0.263. The molecule has 116 valence electrons. The highest BCUT2D eigenvalue weighted by molar-refractivity contribution is 5.85. The highest BCUT2D eigenvalue weighted by Gasteiger charge is 2.21. The van der Waals surface area contributed by atoms with Gasteiger partial charge in [0.1, 0.15) is 17.4 Å². The van der Waals surface area contributed by atoms with Crippen LogP contribution in [0, 0.1) is 0 Å². The molecule has 22 heavy (non-hydrogen) atoms. The Bertz CT molecular complexity index is 719. The van der Waals surface area contributed by atoms with Crippen LogP contribution < -0.4 is 0 Å². The SMILES string of the molecule is CCCCc1oc2ccccc2c1C(O)c1ccccc1.Cl. The van der Waals surface area contributed by atoms with Gasteiger partial charge < -0.3 is 9.52 Å². The summed E-state index contributed by atoms with van der Waals surface area (Å²) in [6.45, 7) is 2.16. The Labute approximate surface area is 137 Å². The van der Waals surface area contributed by atoms with Crippen molar-refractivity contribution in [3.63, 3.8) is 0 Å². The Hall–Kier alpha value is -1.77. The minimum Gasteiger partial charge on any atom is -0.461 e. The number of fused-ring (bicyclic) bond motifs is 1. The zero-order chi connectivity index (χ0) is 14.7. The molecular formula is C19H21ClO2. The normalized spacial score (nSPS) is 12.1. The number of aliphatic hydroxyl groups is 1. The van der Waals surface area contributed by atoms with Gasteiger partial charge in [-0.15, -0.1) is 12.4 Å². The number of aryl methyl sites for hydroxylation is 1. The second-order valence-electron chi connectivity index (χ2n) is 5.35. The Balaban J connectivity index is 0.00000176. The first-order valence-corrected chi connectivity index (χ1v) is 7.54. The highest BCUT2D eigenvalue weighted by Crippen LogP contribution is 2.35. The average Bonchev–Trinajstić information content (AvgIpc) is 2.91. The van der Waals surface area contributed by atoms with Crippen molar-refractivity contribution >= 4 is 23.4 Å². The number of hydrogen-bond acceptors (Lipinski definition) is 2. The lowest BCUT2D eigenvalue weighted by atomic mass is 9.97. The molecule has 0 spiro atoms. The predicted molar refractivity (Wildman–Crippen MR) is 92.6 cm³/mol. The third kappa shape index (κ3) is 3.18. The molecule has 0 radical (unpaired) electrons. The van der Waals surface area contributed by atoms with E-state index in [2.05, 4.69) is 6.92 Å². The summed E-state index contributed by atoms with van der Waals surface area (Å²) in [7, 11) is 0. The average molecular weight is 317 g/mol. The van der Waals surface area contributed by atoms with Crippen LogP contribution in [0.1, 0.15) is 42.8 Å². The highest BCUT2D eigenvalue weighted by atomic mass is 35.5. The number of benzene rings is 2. The number of rotatable bonds is 5. The molecule has 3 rings (SSSR count). The molecule has 0 saturated carbocycles.